The van der Waals surface area contributed by atoms with Crippen LogP contribution in [0.1, 0.15) is 28.4 Å². The number of nitrogens with zero attached hydrogens (tertiary/aromatic N) is 2. The Balaban J connectivity index is 1.69. The van der Waals surface area contributed by atoms with Crippen molar-refractivity contribution >= 4 is 17.4 Å². The molecule has 3 rings (SSSR count). The van der Waals surface area contributed by atoms with E-state index < -0.39 is 0 Å². The molecule has 0 saturated heterocycles. The van der Waals surface area contributed by atoms with E-state index >= 15 is 0 Å². The maximum absolute atomic E-state index is 13.1. The van der Waals surface area contributed by atoms with Gasteiger partial charge in [-0.15, -0.1) is 0 Å². The summed E-state index contributed by atoms with van der Waals surface area (Å²) in [6.45, 7) is 5.30. The average molecular weight is 389 g/mol. The predicted molar refractivity (Wildman–Crippen MR) is 118 cm³/mol. The summed E-state index contributed by atoms with van der Waals surface area (Å²) in [4.78, 5) is 19.2. The summed E-state index contributed by atoms with van der Waals surface area (Å²) < 4.78 is 5.39. The first-order chi connectivity index (χ1) is 14.1. The first-order valence-electron chi connectivity index (χ1n) is 9.82. The molecule has 0 aliphatic heterocycles. The lowest BCUT2D eigenvalue weighted by Crippen LogP contribution is -2.30. The minimum atomic E-state index is -0.0340. The molecule has 3 aromatic rings. The predicted octanol–water partition coefficient (Wildman–Crippen LogP) is 4.72. The second kappa shape index (κ2) is 9.73. The Kier molecular flexibility index (Phi) is 6.85. The normalized spacial score (nSPS) is 10.4. The van der Waals surface area contributed by atoms with Crippen molar-refractivity contribution in [1.29, 1.82) is 0 Å². The Labute approximate surface area is 172 Å². The molecule has 2 aromatic carbocycles. The highest BCUT2D eigenvalue weighted by molar-refractivity contribution is 6.06. The van der Waals surface area contributed by atoms with Gasteiger partial charge in [0.05, 0.1) is 7.11 Å². The summed E-state index contributed by atoms with van der Waals surface area (Å²) in [5.74, 6) is 1.53. The van der Waals surface area contributed by atoms with Crippen LogP contribution >= 0.6 is 0 Å². The number of hydrogen-bond donors (Lipinski definition) is 1. The Hall–Kier alpha value is -3.34. The number of amides is 1. The summed E-state index contributed by atoms with van der Waals surface area (Å²) >= 11 is 0. The molecular formula is C24H27N3O2. The first-order valence-corrected chi connectivity index (χ1v) is 9.82. The fourth-order valence-corrected chi connectivity index (χ4v) is 3.29. The van der Waals surface area contributed by atoms with Gasteiger partial charge in [-0.2, -0.15) is 0 Å². The van der Waals surface area contributed by atoms with E-state index in [1.54, 1.807) is 24.3 Å². The molecule has 1 N–H and O–H groups in total. The summed E-state index contributed by atoms with van der Waals surface area (Å²) in [6.07, 6.45) is 2.47. The van der Waals surface area contributed by atoms with E-state index in [-0.39, 0.29) is 5.91 Å². The van der Waals surface area contributed by atoms with Crippen LogP contribution in [0.15, 0.2) is 66.9 Å². The number of methoxy groups -OCH3 is 1. The lowest BCUT2D eigenvalue weighted by atomic mass is 10.1. The zero-order valence-corrected chi connectivity index (χ0v) is 17.2. The number of rotatable bonds is 8. The van der Waals surface area contributed by atoms with Crippen LogP contribution < -0.4 is 15.0 Å². The molecule has 0 saturated carbocycles. The molecule has 5 nitrogen and oxygen atoms in total. The van der Waals surface area contributed by atoms with E-state index in [1.807, 2.05) is 62.4 Å². The minimum absolute atomic E-state index is 0.0340. The summed E-state index contributed by atoms with van der Waals surface area (Å²) in [5, 5.41) is 3.31. The molecule has 0 atom stereocenters. The zero-order chi connectivity index (χ0) is 20.6. The molecule has 1 heterocycles. The van der Waals surface area contributed by atoms with Gasteiger partial charge in [0.25, 0.3) is 5.91 Å². The van der Waals surface area contributed by atoms with E-state index in [2.05, 4.69) is 16.4 Å². The van der Waals surface area contributed by atoms with Crippen molar-refractivity contribution in [1.82, 2.24) is 4.98 Å². The van der Waals surface area contributed by atoms with Crippen LogP contribution in [0, 0.1) is 6.92 Å². The first kappa shape index (κ1) is 20.4. The molecule has 0 bridgehead atoms. The van der Waals surface area contributed by atoms with Gasteiger partial charge in [-0.1, -0.05) is 30.3 Å². The molecular weight excluding hydrogens is 362 g/mol. The molecule has 0 unspecified atom stereocenters. The Morgan fingerprint density at radius 3 is 2.69 bits per heavy atom. The number of aryl methyl sites for hydroxylation is 1. The molecule has 0 radical (unpaired) electrons. The summed E-state index contributed by atoms with van der Waals surface area (Å²) in [6, 6.07) is 19.5. The standard InChI is InChI=1S/C24H27N3O2/c1-4-27(21-10-7-8-18(2)16-21)24(28)20-13-15-26-23(17-20)25-14-12-19-9-5-6-11-22(19)29-3/h5-11,13,15-17H,4,12,14H2,1-3H3,(H,25,26). The fourth-order valence-electron chi connectivity index (χ4n) is 3.29. The molecule has 1 aromatic heterocycles. The van der Waals surface area contributed by atoms with Crippen LogP contribution in [0.4, 0.5) is 11.5 Å². The number of hydrogen-bond acceptors (Lipinski definition) is 4. The van der Waals surface area contributed by atoms with Crippen LogP contribution in [0.2, 0.25) is 0 Å². The van der Waals surface area contributed by atoms with Crippen molar-refractivity contribution in [2.75, 3.05) is 30.4 Å². The fraction of sp³-hybridized carbons (Fsp3) is 0.250. The average Bonchev–Trinajstić information content (AvgIpc) is 2.75. The third-order valence-electron chi connectivity index (χ3n) is 4.77. The van der Waals surface area contributed by atoms with E-state index in [1.165, 1.54) is 0 Å². The minimum Gasteiger partial charge on any atom is -0.496 e. The SMILES string of the molecule is CCN(C(=O)c1ccnc(NCCc2ccccc2OC)c1)c1cccc(C)c1. The van der Waals surface area contributed by atoms with Crippen molar-refractivity contribution in [2.24, 2.45) is 0 Å². The molecule has 1 amide bonds. The quantitative estimate of drug-likeness (QED) is 0.606. The van der Waals surface area contributed by atoms with Crippen LogP contribution in [-0.2, 0) is 6.42 Å². The topological polar surface area (TPSA) is 54.5 Å². The molecule has 0 fully saturated rings. The number of ether oxygens (including phenoxy) is 1. The number of anilines is 2. The molecule has 0 aliphatic carbocycles. The van der Waals surface area contributed by atoms with E-state index in [4.69, 9.17) is 4.74 Å². The van der Waals surface area contributed by atoms with Gasteiger partial charge in [-0.3, -0.25) is 4.79 Å². The van der Waals surface area contributed by atoms with Crippen molar-refractivity contribution < 1.29 is 9.53 Å². The second-order valence-electron chi connectivity index (χ2n) is 6.81. The number of carbonyl (C=O) groups excluding carboxylic acids is 1. The lowest BCUT2D eigenvalue weighted by molar-refractivity contribution is 0.0988. The third-order valence-corrected chi connectivity index (χ3v) is 4.77. The summed E-state index contributed by atoms with van der Waals surface area (Å²) in [7, 11) is 1.68. The van der Waals surface area contributed by atoms with Gasteiger partial charge in [0.2, 0.25) is 0 Å². The van der Waals surface area contributed by atoms with Gasteiger partial charge in [-0.25, -0.2) is 4.98 Å². The number of para-hydroxylation sites is 1. The van der Waals surface area contributed by atoms with E-state index in [9.17, 15) is 4.79 Å². The van der Waals surface area contributed by atoms with Gasteiger partial charge in [-0.05, 0) is 61.7 Å². The van der Waals surface area contributed by atoms with Crippen molar-refractivity contribution in [3.8, 4) is 5.75 Å². The number of aromatic nitrogens is 1. The Morgan fingerprint density at radius 2 is 1.93 bits per heavy atom. The molecule has 0 spiro atoms. The van der Waals surface area contributed by atoms with Gasteiger partial charge in [0.1, 0.15) is 11.6 Å². The monoisotopic (exact) mass is 389 g/mol. The van der Waals surface area contributed by atoms with Crippen LogP contribution in [0.25, 0.3) is 0 Å². The molecule has 0 aliphatic rings. The van der Waals surface area contributed by atoms with Gasteiger partial charge in [0, 0.05) is 30.5 Å². The maximum atomic E-state index is 13.1. The molecule has 29 heavy (non-hydrogen) atoms. The second-order valence-corrected chi connectivity index (χ2v) is 6.81. The smallest absolute Gasteiger partial charge is 0.258 e. The van der Waals surface area contributed by atoms with Crippen molar-refractivity contribution in [3.05, 3.63) is 83.6 Å². The van der Waals surface area contributed by atoms with Crippen LogP contribution in [0.3, 0.4) is 0 Å². The van der Waals surface area contributed by atoms with Gasteiger partial charge in [0.15, 0.2) is 0 Å². The van der Waals surface area contributed by atoms with Crippen LogP contribution in [-0.4, -0.2) is 31.1 Å². The van der Waals surface area contributed by atoms with Gasteiger partial charge < -0.3 is 15.0 Å². The Morgan fingerprint density at radius 1 is 1.10 bits per heavy atom. The highest BCUT2D eigenvalue weighted by atomic mass is 16.5. The van der Waals surface area contributed by atoms with Crippen molar-refractivity contribution in [2.45, 2.75) is 20.3 Å². The largest absolute Gasteiger partial charge is 0.496 e. The number of benzene rings is 2. The number of nitrogens with one attached hydrogen (secondary N) is 1. The zero-order valence-electron chi connectivity index (χ0n) is 17.2. The molecule has 150 valence electrons. The molecule has 5 heteroatoms. The Bertz CT molecular complexity index is 972. The number of pyridine rings is 1. The number of carbonyl (C=O) groups is 1. The van der Waals surface area contributed by atoms with E-state index in [0.717, 1.165) is 29.0 Å². The van der Waals surface area contributed by atoms with E-state index in [0.29, 0.717) is 24.5 Å². The van der Waals surface area contributed by atoms with Crippen molar-refractivity contribution in [3.63, 3.8) is 0 Å². The highest BCUT2D eigenvalue weighted by Crippen LogP contribution is 2.20. The summed E-state index contributed by atoms with van der Waals surface area (Å²) in [5.41, 5.74) is 3.77. The lowest BCUT2D eigenvalue weighted by Gasteiger charge is -2.21. The van der Waals surface area contributed by atoms with Crippen LogP contribution in [0.5, 0.6) is 5.75 Å². The highest BCUT2D eigenvalue weighted by Gasteiger charge is 2.17. The third kappa shape index (κ3) is 5.13. The maximum Gasteiger partial charge on any atom is 0.258 e. The van der Waals surface area contributed by atoms with Gasteiger partial charge >= 0.3 is 0 Å².